The van der Waals surface area contributed by atoms with Gasteiger partial charge in [-0.2, -0.15) is 0 Å². The summed E-state index contributed by atoms with van der Waals surface area (Å²) in [6.45, 7) is 2.26. The first-order valence-corrected chi connectivity index (χ1v) is 11.4. The van der Waals surface area contributed by atoms with Gasteiger partial charge in [-0.25, -0.2) is 8.78 Å². The molecule has 1 saturated carbocycles. The van der Waals surface area contributed by atoms with Crippen LogP contribution in [0.15, 0.2) is 42.5 Å². The molecule has 0 N–H and O–H groups in total. The second kappa shape index (κ2) is 9.24. The van der Waals surface area contributed by atoms with E-state index in [-0.39, 0.29) is 11.6 Å². The smallest absolute Gasteiger partial charge is 0.130 e. The second-order valence-electron chi connectivity index (χ2n) is 8.94. The number of rotatable bonds is 6. The van der Waals surface area contributed by atoms with Crippen molar-refractivity contribution in [2.45, 2.75) is 77.0 Å². The number of unbranched alkanes of at least 4 members (excludes halogenated alkanes) is 2. The monoisotopic (exact) mass is 394 g/mol. The molecule has 1 fully saturated rings. The van der Waals surface area contributed by atoms with Gasteiger partial charge >= 0.3 is 0 Å². The molecule has 0 unspecified atom stereocenters. The van der Waals surface area contributed by atoms with Gasteiger partial charge in [-0.15, -0.1) is 0 Å². The summed E-state index contributed by atoms with van der Waals surface area (Å²) in [5, 5.41) is 0. The lowest BCUT2D eigenvalue weighted by Gasteiger charge is -2.29. The molecule has 0 heterocycles. The van der Waals surface area contributed by atoms with Crippen molar-refractivity contribution >= 4 is 5.57 Å². The van der Waals surface area contributed by atoms with Crippen LogP contribution in [0.4, 0.5) is 8.78 Å². The Morgan fingerprint density at radius 3 is 2.52 bits per heavy atom. The lowest BCUT2D eigenvalue weighted by Crippen LogP contribution is -2.14. The Bertz CT molecular complexity index is 872. The van der Waals surface area contributed by atoms with Crippen LogP contribution in [0.2, 0.25) is 0 Å². The number of halogens is 2. The van der Waals surface area contributed by atoms with Crippen LogP contribution in [0.25, 0.3) is 5.57 Å². The minimum absolute atomic E-state index is 0.126. The fraction of sp³-hybridized carbons (Fsp3) is 0.481. The average molecular weight is 395 g/mol. The topological polar surface area (TPSA) is 0 Å². The standard InChI is InChI=1S/C27H32F2/c1-2-3-4-6-19-9-11-20(12-10-19)21-13-15-25(27(29)18-21)23-14-16-24-22(17-23)7-5-8-26(24)28/h5,7-8,13-15,18-20H,2-4,6,9-12,16-17H2,1H3. The van der Waals surface area contributed by atoms with E-state index in [0.29, 0.717) is 24.3 Å². The SMILES string of the molecule is CCCCCC1CCC(c2ccc(C3=CCc4c(F)cccc4C3)c(F)c2)CC1. The highest BCUT2D eigenvalue weighted by Crippen LogP contribution is 2.39. The Kier molecular flexibility index (Phi) is 6.47. The van der Waals surface area contributed by atoms with Crippen LogP contribution in [0.1, 0.15) is 86.5 Å². The summed E-state index contributed by atoms with van der Waals surface area (Å²) in [5.41, 5.74) is 4.54. The van der Waals surface area contributed by atoms with Gasteiger partial charge < -0.3 is 0 Å². The Balaban J connectivity index is 1.41. The Hall–Kier alpha value is -1.96. The molecule has 2 heteroatoms. The molecule has 0 radical (unpaired) electrons. The average Bonchev–Trinajstić information content (AvgIpc) is 2.74. The number of hydrogen-bond donors (Lipinski definition) is 0. The number of benzene rings is 2. The van der Waals surface area contributed by atoms with Crippen molar-refractivity contribution in [3.63, 3.8) is 0 Å². The fourth-order valence-electron chi connectivity index (χ4n) is 5.22. The van der Waals surface area contributed by atoms with Crippen molar-refractivity contribution in [1.29, 1.82) is 0 Å². The molecule has 0 spiro atoms. The van der Waals surface area contributed by atoms with Crippen LogP contribution in [-0.2, 0) is 12.8 Å². The molecule has 0 atom stereocenters. The molecule has 29 heavy (non-hydrogen) atoms. The summed E-state index contributed by atoms with van der Waals surface area (Å²) in [6.07, 6.45) is 13.4. The maximum atomic E-state index is 15.0. The zero-order chi connectivity index (χ0) is 20.2. The molecule has 4 rings (SSSR count). The molecule has 0 aliphatic heterocycles. The van der Waals surface area contributed by atoms with Crippen molar-refractivity contribution in [3.8, 4) is 0 Å². The Morgan fingerprint density at radius 1 is 0.931 bits per heavy atom. The van der Waals surface area contributed by atoms with Gasteiger partial charge in [0.1, 0.15) is 11.6 Å². The van der Waals surface area contributed by atoms with Crippen LogP contribution >= 0.6 is 0 Å². The van der Waals surface area contributed by atoms with Gasteiger partial charge in [0.15, 0.2) is 0 Å². The molecule has 0 amide bonds. The van der Waals surface area contributed by atoms with E-state index in [4.69, 9.17) is 0 Å². The molecule has 2 aromatic carbocycles. The quantitative estimate of drug-likeness (QED) is 0.435. The van der Waals surface area contributed by atoms with E-state index in [2.05, 4.69) is 13.0 Å². The molecule has 154 valence electrons. The molecule has 2 aliphatic carbocycles. The second-order valence-corrected chi connectivity index (χ2v) is 8.94. The van der Waals surface area contributed by atoms with E-state index in [1.54, 1.807) is 12.1 Å². The van der Waals surface area contributed by atoms with E-state index in [1.807, 2.05) is 18.2 Å². The number of allylic oxidation sites excluding steroid dienone is 2. The first kappa shape index (κ1) is 20.3. The van der Waals surface area contributed by atoms with Crippen molar-refractivity contribution in [3.05, 3.63) is 76.4 Å². The predicted octanol–water partition coefficient (Wildman–Crippen LogP) is 8.00. The van der Waals surface area contributed by atoms with Crippen LogP contribution < -0.4 is 0 Å². The highest BCUT2D eigenvalue weighted by Gasteiger charge is 2.24. The summed E-state index contributed by atoms with van der Waals surface area (Å²) in [6, 6.07) is 11.0. The van der Waals surface area contributed by atoms with Crippen LogP contribution in [0.5, 0.6) is 0 Å². The van der Waals surface area contributed by atoms with E-state index < -0.39 is 0 Å². The van der Waals surface area contributed by atoms with Gasteiger partial charge in [-0.05, 0) is 84.8 Å². The molecule has 2 aromatic rings. The molecule has 0 nitrogen and oxygen atoms in total. The molecular weight excluding hydrogens is 362 g/mol. The Labute approximate surface area is 174 Å². The molecule has 0 aromatic heterocycles. The summed E-state index contributed by atoms with van der Waals surface area (Å²) in [7, 11) is 0. The lowest BCUT2D eigenvalue weighted by molar-refractivity contribution is 0.302. The van der Waals surface area contributed by atoms with Gasteiger partial charge in [0.05, 0.1) is 0 Å². The van der Waals surface area contributed by atoms with E-state index in [1.165, 1.54) is 57.4 Å². The minimum Gasteiger partial charge on any atom is -0.207 e. The van der Waals surface area contributed by atoms with E-state index >= 15 is 4.39 Å². The molecular formula is C27H32F2. The highest BCUT2D eigenvalue weighted by molar-refractivity contribution is 5.71. The summed E-state index contributed by atoms with van der Waals surface area (Å²) in [4.78, 5) is 0. The molecule has 2 aliphatic rings. The molecule has 0 bridgehead atoms. The normalized spacial score (nSPS) is 21.6. The van der Waals surface area contributed by atoms with Crippen molar-refractivity contribution in [1.82, 2.24) is 0 Å². The molecule has 0 saturated heterocycles. The summed E-state index contributed by atoms with van der Waals surface area (Å²) >= 11 is 0. The predicted molar refractivity (Wildman–Crippen MR) is 117 cm³/mol. The van der Waals surface area contributed by atoms with Crippen LogP contribution in [0, 0.1) is 17.6 Å². The third kappa shape index (κ3) is 4.63. The maximum Gasteiger partial charge on any atom is 0.130 e. The van der Waals surface area contributed by atoms with Crippen molar-refractivity contribution in [2.24, 2.45) is 5.92 Å². The van der Waals surface area contributed by atoms with Gasteiger partial charge in [-0.3, -0.25) is 0 Å². The summed E-state index contributed by atoms with van der Waals surface area (Å²) < 4.78 is 29.0. The zero-order valence-electron chi connectivity index (χ0n) is 17.5. The Morgan fingerprint density at radius 2 is 1.76 bits per heavy atom. The largest absolute Gasteiger partial charge is 0.207 e. The zero-order valence-corrected chi connectivity index (χ0v) is 17.5. The van der Waals surface area contributed by atoms with Crippen molar-refractivity contribution < 1.29 is 8.78 Å². The van der Waals surface area contributed by atoms with Gasteiger partial charge in [0, 0.05) is 5.56 Å². The first-order chi connectivity index (χ1) is 14.2. The third-order valence-corrected chi connectivity index (χ3v) is 7.02. The maximum absolute atomic E-state index is 15.0. The third-order valence-electron chi connectivity index (χ3n) is 7.02. The van der Waals surface area contributed by atoms with E-state index in [9.17, 15) is 4.39 Å². The van der Waals surface area contributed by atoms with Gasteiger partial charge in [-0.1, -0.05) is 62.9 Å². The van der Waals surface area contributed by atoms with Crippen LogP contribution in [-0.4, -0.2) is 0 Å². The highest BCUT2D eigenvalue weighted by atomic mass is 19.1. The van der Waals surface area contributed by atoms with Gasteiger partial charge in [0.2, 0.25) is 0 Å². The fourth-order valence-corrected chi connectivity index (χ4v) is 5.22. The summed E-state index contributed by atoms with van der Waals surface area (Å²) in [5.74, 6) is 1.09. The number of fused-ring (bicyclic) bond motifs is 1. The van der Waals surface area contributed by atoms with Crippen LogP contribution in [0.3, 0.4) is 0 Å². The lowest BCUT2D eigenvalue weighted by atomic mass is 9.76. The van der Waals surface area contributed by atoms with E-state index in [0.717, 1.165) is 28.2 Å². The van der Waals surface area contributed by atoms with Crippen molar-refractivity contribution in [2.75, 3.05) is 0 Å². The number of hydrogen-bond acceptors (Lipinski definition) is 0. The first-order valence-electron chi connectivity index (χ1n) is 11.4. The van der Waals surface area contributed by atoms with Gasteiger partial charge in [0.25, 0.3) is 0 Å². The minimum atomic E-state index is -0.154.